The van der Waals surface area contributed by atoms with E-state index in [2.05, 4.69) is 39.8 Å². The van der Waals surface area contributed by atoms with Crippen LogP contribution in [0.5, 0.6) is 0 Å². The van der Waals surface area contributed by atoms with Crippen LogP contribution in [0, 0.1) is 26.7 Å². The number of rotatable bonds is 2. The Balaban J connectivity index is 2.37. The number of benzene rings is 1. The maximum atomic E-state index is 6.32. The number of alkyl halides is 2. The van der Waals surface area contributed by atoms with Crippen LogP contribution in [0.3, 0.4) is 0 Å². The van der Waals surface area contributed by atoms with Gasteiger partial charge in [-0.05, 0) is 49.4 Å². The fourth-order valence-electron chi connectivity index (χ4n) is 2.60. The van der Waals surface area contributed by atoms with E-state index >= 15 is 0 Å². The SMILES string of the molecule is CC[C@H]1[C@H](c2cc(C)c(C)c(C)c2)C1(Cl)Cl. The average Bonchev–Trinajstić information content (AvgIpc) is 2.76. The van der Waals surface area contributed by atoms with Gasteiger partial charge >= 0.3 is 0 Å². The van der Waals surface area contributed by atoms with Crippen LogP contribution in [0.2, 0.25) is 0 Å². The Kier molecular flexibility index (Phi) is 3.01. The van der Waals surface area contributed by atoms with Crippen LogP contribution in [0.4, 0.5) is 0 Å². The van der Waals surface area contributed by atoms with Crippen molar-refractivity contribution in [3.8, 4) is 0 Å². The summed E-state index contributed by atoms with van der Waals surface area (Å²) in [6.45, 7) is 8.62. The molecule has 0 heterocycles. The van der Waals surface area contributed by atoms with Gasteiger partial charge in [-0.25, -0.2) is 0 Å². The predicted molar refractivity (Wildman–Crippen MR) is 71.6 cm³/mol. The molecule has 16 heavy (non-hydrogen) atoms. The molecule has 1 fully saturated rings. The fraction of sp³-hybridized carbons (Fsp3) is 0.571. The molecule has 2 rings (SSSR count). The van der Waals surface area contributed by atoms with Gasteiger partial charge in [-0.1, -0.05) is 19.1 Å². The van der Waals surface area contributed by atoms with Crippen molar-refractivity contribution in [2.24, 2.45) is 5.92 Å². The third kappa shape index (κ3) is 1.76. The van der Waals surface area contributed by atoms with E-state index in [1.807, 2.05) is 0 Å². The Morgan fingerprint density at radius 3 is 2.00 bits per heavy atom. The lowest BCUT2D eigenvalue weighted by molar-refractivity contribution is 0.760. The Bertz CT molecular complexity index is 398. The molecule has 1 aromatic carbocycles. The average molecular weight is 257 g/mol. The van der Waals surface area contributed by atoms with Crippen LogP contribution >= 0.6 is 23.2 Å². The summed E-state index contributed by atoms with van der Waals surface area (Å²) in [5.74, 6) is 0.733. The molecule has 0 amide bonds. The van der Waals surface area contributed by atoms with Crippen LogP contribution in [0.1, 0.15) is 41.5 Å². The number of hydrogen-bond donors (Lipinski definition) is 0. The first-order valence-electron chi connectivity index (χ1n) is 5.85. The quantitative estimate of drug-likeness (QED) is 0.660. The van der Waals surface area contributed by atoms with Crippen molar-refractivity contribution in [3.63, 3.8) is 0 Å². The van der Waals surface area contributed by atoms with Crippen molar-refractivity contribution in [2.75, 3.05) is 0 Å². The van der Waals surface area contributed by atoms with Crippen LogP contribution in [0.15, 0.2) is 12.1 Å². The van der Waals surface area contributed by atoms with Gasteiger partial charge in [0.1, 0.15) is 4.33 Å². The predicted octanol–water partition coefficient (Wildman–Crippen LogP) is 4.91. The Morgan fingerprint density at radius 1 is 1.12 bits per heavy atom. The van der Waals surface area contributed by atoms with Crippen molar-refractivity contribution in [1.82, 2.24) is 0 Å². The van der Waals surface area contributed by atoms with Crippen LogP contribution < -0.4 is 0 Å². The smallest absolute Gasteiger partial charge is 0.101 e. The molecule has 1 aliphatic carbocycles. The molecule has 2 atom stereocenters. The second-order valence-corrected chi connectivity index (χ2v) is 6.39. The molecule has 88 valence electrons. The zero-order valence-corrected chi connectivity index (χ0v) is 11.8. The maximum absolute atomic E-state index is 6.32. The van der Waals surface area contributed by atoms with E-state index in [1.54, 1.807) is 0 Å². The second-order valence-electron chi connectivity index (χ2n) is 4.95. The normalized spacial score (nSPS) is 26.9. The lowest BCUT2D eigenvalue weighted by Gasteiger charge is -2.09. The highest BCUT2D eigenvalue weighted by Gasteiger charge is 2.62. The summed E-state index contributed by atoms with van der Waals surface area (Å²) in [6.07, 6.45) is 1.05. The molecule has 0 nitrogen and oxygen atoms in total. The van der Waals surface area contributed by atoms with E-state index in [0.717, 1.165) is 6.42 Å². The topological polar surface area (TPSA) is 0 Å². The molecular weight excluding hydrogens is 239 g/mol. The molecular formula is C14H18Cl2. The fourth-order valence-corrected chi connectivity index (χ4v) is 3.59. The molecule has 1 saturated carbocycles. The highest BCUT2D eigenvalue weighted by Crippen LogP contribution is 2.66. The lowest BCUT2D eigenvalue weighted by Crippen LogP contribution is -1.94. The molecule has 0 spiro atoms. The van der Waals surface area contributed by atoms with E-state index < -0.39 is 4.33 Å². The third-order valence-corrected chi connectivity index (χ3v) is 4.98. The van der Waals surface area contributed by atoms with Gasteiger partial charge in [-0.3, -0.25) is 0 Å². The van der Waals surface area contributed by atoms with E-state index in [0.29, 0.717) is 11.8 Å². The van der Waals surface area contributed by atoms with Gasteiger partial charge in [0.2, 0.25) is 0 Å². The van der Waals surface area contributed by atoms with Gasteiger partial charge in [-0.15, -0.1) is 23.2 Å². The van der Waals surface area contributed by atoms with Crippen molar-refractivity contribution in [2.45, 2.75) is 44.4 Å². The van der Waals surface area contributed by atoms with Gasteiger partial charge in [0.05, 0.1) is 0 Å². The van der Waals surface area contributed by atoms with Gasteiger partial charge in [-0.2, -0.15) is 0 Å². The lowest BCUT2D eigenvalue weighted by atomic mass is 9.97. The molecule has 0 unspecified atom stereocenters. The zero-order valence-electron chi connectivity index (χ0n) is 10.3. The van der Waals surface area contributed by atoms with E-state index in [-0.39, 0.29) is 0 Å². The summed E-state index contributed by atoms with van der Waals surface area (Å²) in [6, 6.07) is 4.48. The molecule has 0 radical (unpaired) electrons. The minimum Gasteiger partial charge on any atom is -0.101 e. The largest absolute Gasteiger partial charge is 0.129 e. The Morgan fingerprint density at radius 2 is 1.62 bits per heavy atom. The van der Waals surface area contributed by atoms with Crippen molar-refractivity contribution < 1.29 is 0 Å². The molecule has 0 aliphatic heterocycles. The molecule has 0 bridgehead atoms. The van der Waals surface area contributed by atoms with Gasteiger partial charge in [0, 0.05) is 11.8 Å². The summed E-state index contributed by atoms with van der Waals surface area (Å²) in [7, 11) is 0. The van der Waals surface area contributed by atoms with E-state index in [4.69, 9.17) is 23.2 Å². The van der Waals surface area contributed by atoms with Crippen LogP contribution in [-0.4, -0.2) is 4.33 Å². The molecule has 1 aromatic rings. The van der Waals surface area contributed by atoms with Crippen molar-refractivity contribution in [1.29, 1.82) is 0 Å². The highest BCUT2D eigenvalue weighted by atomic mass is 35.5. The summed E-state index contributed by atoms with van der Waals surface area (Å²) >= 11 is 12.6. The first-order valence-corrected chi connectivity index (χ1v) is 6.60. The summed E-state index contributed by atoms with van der Waals surface area (Å²) < 4.78 is -0.539. The summed E-state index contributed by atoms with van der Waals surface area (Å²) in [4.78, 5) is 0. The highest BCUT2D eigenvalue weighted by molar-refractivity contribution is 6.51. The molecule has 2 heteroatoms. The third-order valence-electron chi connectivity index (χ3n) is 3.95. The maximum Gasteiger partial charge on any atom is 0.129 e. The number of hydrogen-bond acceptors (Lipinski definition) is 0. The first-order chi connectivity index (χ1) is 7.39. The standard InChI is InChI=1S/C14H18Cl2/c1-5-12-13(14(12,15)16)11-6-8(2)10(4)9(3)7-11/h6-7,12-13H,5H2,1-4H3/t12-,13-/m0/s1. The summed E-state index contributed by atoms with van der Waals surface area (Å²) in [5.41, 5.74) is 5.34. The van der Waals surface area contributed by atoms with Gasteiger partial charge in [0.15, 0.2) is 0 Å². The van der Waals surface area contributed by atoms with Crippen molar-refractivity contribution in [3.05, 3.63) is 34.4 Å². The minimum atomic E-state index is -0.539. The Labute approximate surface area is 108 Å². The van der Waals surface area contributed by atoms with E-state index in [9.17, 15) is 0 Å². The van der Waals surface area contributed by atoms with Crippen LogP contribution in [-0.2, 0) is 0 Å². The van der Waals surface area contributed by atoms with E-state index in [1.165, 1.54) is 22.3 Å². The first kappa shape index (κ1) is 12.3. The Hall–Kier alpha value is -0.200. The molecule has 0 saturated heterocycles. The van der Waals surface area contributed by atoms with Gasteiger partial charge < -0.3 is 0 Å². The monoisotopic (exact) mass is 256 g/mol. The number of halogens is 2. The minimum absolute atomic E-state index is 0.318. The summed E-state index contributed by atoms with van der Waals surface area (Å²) in [5, 5.41) is 0. The second kappa shape index (κ2) is 3.92. The van der Waals surface area contributed by atoms with Crippen LogP contribution in [0.25, 0.3) is 0 Å². The van der Waals surface area contributed by atoms with Crippen molar-refractivity contribution >= 4 is 23.2 Å². The van der Waals surface area contributed by atoms with Gasteiger partial charge in [0.25, 0.3) is 0 Å². The molecule has 0 aromatic heterocycles. The zero-order chi connectivity index (χ0) is 12.1. The molecule has 0 N–H and O–H groups in total. The number of aryl methyl sites for hydroxylation is 2. The molecule has 1 aliphatic rings.